The SMILES string of the molecule is CC1CCC(NC2CCCCC2)=C(N)C1. The standard InChI is InChI=1S/C13H24N2/c1-10-7-8-13(12(14)9-10)15-11-5-3-2-4-6-11/h10-11,15H,2-9,14H2,1H3. The second-order valence-electron chi connectivity index (χ2n) is 5.33. The van der Waals surface area contributed by atoms with E-state index in [1.54, 1.807) is 0 Å². The normalized spacial score (nSPS) is 29.3. The molecule has 0 aliphatic heterocycles. The molecule has 2 aliphatic rings. The van der Waals surface area contributed by atoms with Crippen LogP contribution in [0.1, 0.15) is 58.3 Å². The van der Waals surface area contributed by atoms with Crippen LogP contribution in [0.15, 0.2) is 11.4 Å². The number of nitrogens with two attached hydrogens (primary N) is 1. The highest BCUT2D eigenvalue weighted by Gasteiger charge is 2.19. The van der Waals surface area contributed by atoms with Crippen LogP contribution in [-0.4, -0.2) is 6.04 Å². The summed E-state index contributed by atoms with van der Waals surface area (Å²) in [7, 11) is 0. The van der Waals surface area contributed by atoms with Crippen molar-refractivity contribution in [2.24, 2.45) is 11.7 Å². The molecule has 0 radical (unpaired) electrons. The minimum absolute atomic E-state index is 0.709. The highest BCUT2D eigenvalue weighted by molar-refractivity contribution is 5.14. The molecule has 3 N–H and O–H groups in total. The summed E-state index contributed by atoms with van der Waals surface area (Å²) in [5, 5.41) is 3.68. The molecule has 0 amide bonds. The van der Waals surface area contributed by atoms with Gasteiger partial charge in [0.15, 0.2) is 0 Å². The molecule has 15 heavy (non-hydrogen) atoms. The molecule has 0 aromatic carbocycles. The fraction of sp³-hybridized carbons (Fsp3) is 0.846. The van der Waals surface area contributed by atoms with Crippen molar-refractivity contribution in [1.82, 2.24) is 5.32 Å². The van der Waals surface area contributed by atoms with Crippen LogP contribution < -0.4 is 11.1 Å². The maximum Gasteiger partial charge on any atom is 0.0299 e. The molecular weight excluding hydrogens is 184 g/mol. The van der Waals surface area contributed by atoms with Gasteiger partial charge in [-0.2, -0.15) is 0 Å². The number of nitrogens with one attached hydrogen (secondary N) is 1. The van der Waals surface area contributed by atoms with Crippen molar-refractivity contribution < 1.29 is 0 Å². The van der Waals surface area contributed by atoms with Crippen LogP contribution in [0.2, 0.25) is 0 Å². The van der Waals surface area contributed by atoms with Crippen molar-refractivity contribution in [3.05, 3.63) is 11.4 Å². The van der Waals surface area contributed by atoms with E-state index >= 15 is 0 Å². The molecule has 0 heterocycles. The fourth-order valence-corrected chi connectivity index (χ4v) is 2.81. The Bertz CT molecular complexity index is 239. The molecule has 2 nitrogen and oxygen atoms in total. The van der Waals surface area contributed by atoms with Gasteiger partial charge in [0.25, 0.3) is 0 Å². The van der Waals surface area contributed by atoms with E-state index in [9.17, 15) is 0 Å². The van der Waals surface area contributed by atoms with E-state index in [4.69, 9.17) is 5.73 Å². The van der Waals surface area contributed by atoms with Gasteiger partial charge in [0.2, 0.25) is 0 Å². The summed E-state index contributed by atoms with van der Waals surface area (Å²) >= 11 is 0. The molecule has 2 rings (SSSR count). The molecule has 2 heteroatoms. The van der Waals surface area contributed by atoms with Gasteiger partial charge in [-0.15, -0.1) is 0 Å². The minimum atomic E-state index is 0.709. The Morgan fingerprint density at radius 2 is 1.87 bits per heavy atom. The van der Waals surface area contributed by atoms with Gasteiger partial charge in [-0.1, -0.05) is 26.2 Å². The fourth-order valence-electron chi connectivity index (χ4n) is 2.81. The van der Waals surface area contributed by atoms with Gasteiger partial charge in [0.1, 0.15) is 0 Å². The van der Waals surface area contributed by atoms with Gasteiger partial charge in [-0.05, 0) is 38.0 Å². The first-order valence-electron chi connectivity index (χ1n) is 6.49. The van der Waals surface area contributed by atoms with E-state index in [1.165, 1.54) is 50.6 Å². The van der Waals surface area contributed by atoms with Crippen LogP contribution in [0.5, 0.6) is 0 Å². The Hall–Kier alpha value is -0.660. The second kappa shape index (κ2) is 4.91. The van der Waals surface area contributed by atoms with Crippen LogP contribution in [0.25, 0.3) is 0 Å². The number of rotatable bonds is 2. The number of hydrogen-bond acceptors (Lipinski definition) is 2. The summed E-state index contributed by atoms with van der Waals surface area (Å²) in [6.07, 6.45) is 10.4. The lowest BCUT2D eigenvalue weighted by molar-refractivity contribution is 0.377. The van der Waals surface area contributed by atoms with Gasteiger partial charge in [0, 0.05) is 17.4 Å². The zero-order chi connectivity index (χ0) is 10.7. The second-order valence-corrected chi connectivity index (χ2v) is 5.33. The van der Waals surface area contributed by atoms with E-state index in [0.717, 1.165) is 18.0 Å². The Morgan fingerprint density at radius 3 is 2.53 bits per heavy atom. The summed E-state index contributed by atoms with van der Waals surface area (Å²) in [4.78, 5) is 0. The number of allylic oxidation sites excluding steroid dienone is 2. The third kappa shape index (κ3) is 2.90. The molecule has 1 fully saturated rings. The highest BCUT2D eigenvalue weighted by atomic mass is 14.9. The van der Waals surface area contributed by atoms with Crippen LogP contribution in [-0.2, 0) is 0 Å². The highest BCUT2D eigenvalue weighted by Crippen LogP contribution is 2.27. The maximum atomic E-state index is 6.10. The molecule has 0 spiro atoms. The summed E-state index contributed by atoms with van der Waals surface area (Å²) in [6.45, 7) is 2.30. The van der Waals surface area contributed by atoms with Crippen molar-refractivity contribution in [3.8, 4) is 0 Å². The molecular formula is C13H24N2. The third-order valence-corrected chi connectivity index (χ3v) is 3.83. The minimum Gasteiger partial charge on any atom is -0.401 e. The first-order valence-corrected chi connectivity index (χ1v) is 6.49. The monoisotopic (exact) mass is 208 g/mol. The van der Waals surface area contributed by atoms with Gasteiger partial charge < -0.3 is 11.1 Å². The lowest BCUT2D eigenvalue weighted by atomic mass is 9.90. The Kier molecular flexibility index (Phi) is 3.55. The first-order chi connectivity index (χ1) is 7.25. The predicted octanol–water partition coefficient (Wildman–Crippen LogP) is 2.90. The summed E-state index contributed by atoms with van der Waals surface area (Å²) in [6, 6.07) is 0.709. The van der Waals surface area contributed by atoms with Crippen LogP contribution in [0, 0.1) is 5.92 Å². The third-order valence-electron chi connectivity index (χ3n) is 3.83. The molecule has 1 atom stereocenters. The Balaban J connectivity index is 1.89. The topological polar surface area (TPSA) is 38.0 Å². The van der Waals surface area contributed by atoms with Gasteiger partial charge in [-0.3, -0.25) is 0 Å². The summed E-state index contributed by atoms with van der Waals surface area (Å²) in [5.41, 5.74) is 8.59. The van der Waals surface area contributed by atoms with Crippen LogP contribution >= 0.6 is 0 Å². The molecule has 86 valence electrons. The lowest BCUT2D eigenvalue weighted by Crippen LogP contribution is -2.33. The predicted molar refractivity (Wildman–Crippen MR) is 64.2 cm³/mol. The van der Waals surface area contributed by atoms with E-state index in [0.29, 0.717) is 6.04 Å². The smallest absolute Gasteiger partial charge is 0.0299 e. The maximum absolute atomic E-state index is 6.10. The molecule has 0 bridgehead atoms. The first kappa shape index (κ1) is 10.8. The molecule has 0 saturated heterocycles. The lowest BCUT2D eigenvalue weighted by Gasteiger charge is -2.29. The van der Waals surface area contributed by atoms with Crippen molar-refractivity contribution in [3.63, 3.8) is 0 Å². The van der Waals surface area contributed by atoms with Gasteiger partial charge in [-0.25, -0.2) is 0 Å². The zero-order valence-corrected chi connectivity index (χ0v) is 9.89. The van der Waals surface area contributed by atoms with Crippen LogP contribution in [0.3, 0.4) is 0 Å². The Labute approximate surface area is 93.3 Å². The number of hydrogen-bond donors (Lipinski definition) is 2. The van der Waals surface area contributed by atoms with Crippen LogP contribution in [0.4, 0.5) is 0 Å². The Morgan fingerprint density at radius 1 is 1.13 bits per heavy atom. The van der Waals surface area contributed by atoms with E-state index < -0.39 is 0 Å². The van der Waals surface area contributed by atoms with Crippen molar-refractivity contribution in [2.75, 3.05) is 0 Å². The average Bonchev–Trinajstić information content (AvgIpc) is 2.24. The van der Waals surface area contributed by atoms with Crippen molar-refractivity contribution in [1.29, 1.82) is 0 Å². The molecule has 1 saturated carbocycles. The largest absolute Gasteiger partial charge is 0.401 e. The van der Waals surface area contributed by atoms with Gasteiger partial charge in [0.05, 0.1) is 0 Å². The molecule has 1 unspecified atom stereocenters. The average molecular weight is 208 g/mol. The van der Waals surface area contributed by atoms with Crippen molar-refractivity contribution in [2.45, 2.75) is 64.3 Å². The quantitative estimate of drug-likeness (QED) is 0.732. The summed E-state index contributed by atoms with van der Waals surface area (Å²) < 4.78 is 0. The van der Waals surface area contributed by atoms with Crippen molar-refractivity contribution >= 4 is 0 Å². The van der Waals surface area contributed by atoms with E-state index in [1.807, 2.05) is 0 Å². The van der Waals surface area contributed by atoms with E-state index in [-0.39, 0.29) is 0 Å². The zero-order valence-electron chi connectivity index (χ0n) is 9.89. The molecule has 0 aromatic heterocycles. The van der Waals surface area contributed by atoms with E-state index in [2.05, 4.69) is 12.2 Å². The molecule has 2 aliphatic carbocycles. The van der Waals surface area contributed by atoms with Gasteiger partial charge >= 0.3 is 0 Å². The summed E-state index contributed by atoms with van der Waals surface area (Å²) in [5.74, 6) is 0.780. The molecule has 0 aromatic rings.